The summed E-state index contributed by atoms with van der Waals surface area (Å²) in [6.07, 6.45) is 3.49. The van der Waals surface area contributed by atoms with Gasteiger partial charge in [-0.1, -0.05) is 5.21 Å². The van der Waals surface area contributed by atoms with Gasteiger partial charge in [0.2, 0.25) is 0 Å². The number of aromatic nitrogens is 3. The lowest BCUT2D eigenvalue weighted by Gasteiger charge is -2.32. The molecule has 100 valence electrons. The maximum absolute atomic E-state index is 13.4. The molecule has 0 radical (unpaired) electrons. The van der Waals surface area contributed by atoms with Gasteiger partial charge in [-0.15, -0.1) is 5.10 Å². The van der Waals surface area contributed by atoms with E-state index in [-0.39, 0.29) is 6.42 Å². The van der Waals surface area contributed by atoms with Gasteiger partial charge in [0.25, 0.3) is 5.92 Å². The van der Waals surface area contributed by atoms with E-state index in [1.807, 2.05) is 13.1 Å². The van der Waals surface area contributed by atoms with E-state index in [9.17, 15) is 8.78 Å². The lowest BCUT2D eigenvalue weighted by Crippen LogP contribution is -2.38. The average molecular weight is 256 g/mol. The summed E-state index contributed by atoms with van der Waals surface area (Å²) in [4.78, 5) is 2.09. The largest absolute Gasteiger partial charge is 0.297 e. The van der Waals surface area contributed by atoms with Gasteiger partial charge >= 0.3 is 0 Å². The zero-order chi connectivity index (χ0) is 12.8. The van der Waals surface area contributed by atoms with Gasteiger partial charge < -0.3 is 0 Å². The zero-order valence-electron chi connectivity index (χ0n) is 10.6. The monoisotopic (exact) mass is 256 g/mol. The highest BCUT2D eigenvalue weighted by molar-refractivity contribution is 5.13. The Kier molecular flexibility index (Phi) is 2.66. The Hall–Kier alpha value is -1.04. The molecular formula is C12H18F2N4. The fourth-order valence-corrected chi connectivity index (χ4v) is 2.98. The number of piperidine rings is 1. The standard InChI is InChI=1S/C12H18F2N4/c1-2-18-7-10(15-16-18)6-17-5-3-4-11(9-17)8-12(11,13)14/h7H,2-6,8-9H2,1H3. The van der Waals surface area contributed by atoms with Crippen LogP contribution in [0.25, 0.3) is 0 Å². The Morgan fingerprint density at radius 1 is 1.44 bits per heavy atom. The van der Waals surface area contributed by atoms with Crippen molar-refractivity contribution in [3.8, 4) is 0 Å². The van der Waals surface area contributed by atoms with Crippen molar-refractivity contribution in [3.05, 3.63) is 11.9 Å². The fraction of sp³-hybridized carbons (Fsp3) is 0.833. The van der Waals surface area contributed by atoms with Crippen LogP contribution in [-0.2, 0) is 13.1 Å². The molecule has 1 saturated heterocycles. The Morgan fingerprint density at radius 3 is 2.83 bits per heavy atom. The van der Waals surface area contributed by atoms with Crippen molar-refractivity contribution in [2.24, 2.45) is 5.41 Å². The number of nitrogens with zero attached hydrogens (tertiary/aromatic N) is 4. The number of rotatable bonds is 3. The fourth-order valence-electron chi connectivity index (χ4n) is 2.98. The van der Waals surface area contributed by atoms with E-state index < -0.39 is 11.3 Å². The van der Waals surface area contributed by atoms with Gasteiger partial charge in [-0.2, -0.15) is 0 Å². The summed E-state index contributed by atoms with van der Waals surface area (Å²) in [5.41, 5.74) is 0.143. The van der Waals surface area contributed by atoms with E-state index in [4.69, 9.17) is 0 Å². The summed E-state index contributed by atoms with van der Waals surface area (Å²) in [6.45, 7) is 4.81. The first-order valence-electron chi connectivity index (χ1n) is 6.54. The second-order valence-electron chi connectivity index (χ2n) is 5.54. The number of likely N-dealkylation sites (tertiary alicyclic amines) is 1. The van der Waals surface area contributed by atoms with Crippen LogP contribution in [0, 0.1) is 5.41 Å². The number of halogens is 2. The first-order valence-corrected chi connectivity index (χ1v) is 6.54. The normalized spacial score (nSPS) is 30.8. The molecule has 6 heteroatoms. The van der Waals surface area contributed by atoms with Gasteiger partial charge in [0, 0.05) is 32.3 Å². The molecule has 2 aliphatic rings. The molecule has 1 aliphatic carbocycles. The Bertz CT molecular complexity index is 445. The van der Waals surface area contributed by atoms with Crippen LogP contribution in [0.1, 0.15) is 31.9 Å². The van der Waals surface area contributed by atoms with Crippen LogP contribution >= 0.6 is 0 Å². The first-order chi connectivity index (χ1) is 8.55. The molecule has 1 aliphatic heterocycles. The number of alkyl halides is 2. The minimum absolute atomic E-state index is 0.0676. The van der Waals surface area contributed by atoms with Gasteiger partial charge in [-0.25, -0.2) is 8.78 Å². The van der Waals surface area contributed by atoms with E-state index in [0.29, 0.717) is 19.5 Å². The van der Waals surface area contributed by atoms with E-state index in [1.165, 1.54) is 0 Å². The van der Waals surface area contributed by atoms with Gasteiger partial charge in [0.15, 0.2) is 0 Å². The molecule has 1 saturated carbocycles. The summed E-state index contributed by atoms with van der Waals surface area (Å²) < 4.78 is 28.5. The minimum atomic E-state index is -2.44. The molecule has 18 heavy (non-hydrogen) atoms. The number of aryl methyl sites for hydroxylation is 1. The lowest BCUT2D eigenvalue weighted by molar-refractivity contribution is 0.0225. The molecule has 0 amide bonds. The predicted octanol–water partition coefficient (Wildman–Crippen LogP) is 1.92. The molecule has 2 fully saturated rings. The van der Waals surface area contributed by atoms with E-state index >= 15 is 0 Å². The van der Waals surface area contributed by atoms with Gasteiger partial charge in [-0.3, -0.25) is 9.58 Å². The summed E-state index contributed by atoms with van der Waals surface area (Å²) in [5.74, 6) is -2.44. The highest BCUT2D eigenvalue weighted by atomic mass is 19.3. The summed E-state index contributed by atoms with van der Waals surface area (Å²) in [7, 11) is 0. The van der Waals surface area contributed by atoms with Crippen molar-refractivity contribution in [2.75, 3.05) is 13.1 Å². The van der Waals surface area contributed by atoms with Gasteiger partial charge in [0.1, 0.15) is 0 Å². The van der Waals surface area contributed by atoms with Gasteiger partial charge in [0.05, 0.1) is 11.1 Å². The van der Waals surface area contributed by atoms with Crippen LogP contribution < -0.4 is 0 Å². The van der Waals surface area contributed by atoms with Crippen LogP contribution in [-0.4, -0.2) is 38.9 Å². The van der Waals surface area contributed by atoms with E-state index in [0.717, 1.165) is 25.2 Å². The van der Waals surface area contributed by atoms with Crippen molar-refractivity contribution in [3.63, 3.8) is 0 Å². The smallest absolute Gasteiger partial charge is 0.255 e. The third-order valence-electron chi connectivity index (χ3n) is 4.16. The van der Waals surface area contributed by atoms with Crippen molar-refractivity contribution in [2.45, 2.75) is 45.2 Å². The topological polar surface area (TPSA) is 34.0 Å². The summed E-state index contributed by atoms with van der Waals surface area (Å²) >= 11 is 0. The van der Waals surface area contributed by atoms with Crippen molar-refractivity contribution >= 4 is 0 Å². The molecule has 1 unspecified atom stereocenters. The number of hydrogen-bond acceptors (Lipinski definition) is 3. The highest BCUT2D eigenvalue weighted by Gasteiger charge is 2.71. The molecule has 1 aromatic heterocycles. The zero-order valence-corrected chi connectivity index (χ0v) is 10.6. The summed E-state index contributed by atoms with van der Waals surface area (Å²) in [6, 6.07) is 0. The van der Waals surface area contributed by atoms with E-state index in [1.54, 1.807) is 4.68 Å². The molecule has 0 N–H and O–H groups in total. The molecule has 2 heterocycles. The molecule has 1 aromatic rings. The van der Waals surface area contributed by atoms with E-state index in [2.05, 4.69) is 15.2 Å². The SMILES string of the molecule is CCn1cc(CN2CCCC3(C2)CC3(F)F)nn1. The third-order valence-corrected chi connectivity index (χ3v) is 4.16. The lowest BCUT2D eigenvalue weighted by atomic mass is 9.94. The molecule has 0 bridgehead atoms. The van der Waals surface area contributed by atoms with Crippen LogP contribution in [0.5, 0.6) is 0 Å². The quantitative estimate of drug-likeness (QED) is 0.828. The summed E-state index contributed by atoms with van der Waals surface area (Å²) in [5, 5.41) is 8.04. The molecule has 1 atom stereocenters. The molecule has 1 spiro atoms. The second kappa shape index (κ2) is 3.98. The molecular weight excluding hydrogens is 238 g/mol. The van der Waals surface area contributed by atoms with Crippen LogP contribution in [0.4, 0.5) is 8.78 Å². The molecule has 3 rings (SSSR count). The van der Waals surface area contributed by atoms with Crippen LogP contribution in [0.3, 0.4) is 0 Å². The molecule has 4 nitrogen and oxygen atoms in total. The minimum Gasteiger partial charge on any atom is -0.297 e. The van der Waals surface area contributed by atoms with Crippen molar-refractivity contribution < 1.29 is 8.78 Å². The average Bonchev–Trinajstić information content (AvgIpc) is 2.70. The van der Waals surface area contributed by atoms with Crippen LogP contribution in [0.2, 0.25) is 0 Å². The van der Waals surface area contributed by atoms with Crippen molar-refractivity contribution in [1.82, 2.24) is 19.9 Å². The van der Waals surface area contributed by atoms with Crippen molar-refractivity contribution in [1.29, 1.82) is 0 Å². The Labute approximate surface area is 105 Å². The maximum Gasteiger partial charge on any atom is 0.255 e. The Morgan fingerprint density at radius 2 is 2.22 bits per heavy atom. The van der Waals surface area contributed by atoms with Crippen LogP contribution in [0.15, 0.2) is 6.20 Å². The number of hydrogen-bond donors (Lipinski definition) is 0. The first kappa shape index (κ1) is 12.0. The second-order valence-corrected chi connectivity index (χ2v) is 5.54. The Balaban J connectivity index is 1.63. The molecule has 0 aromatic carbocycles. The van der Waals surface area contributed by atoms with Gasteiger partial charge in [-0.05, 0) is 26.3 Å². The predicted molar refractivity (Wildman–Crippen MR) is 62.2 cm³/mol. The third kappa shape index (κ3) is 1.92. The highest BCUT2D eigenvalue weighted by Crippen LogP contribution is 2.64. The maximum atomic E-state index is 13.4.